The van der Waals surface area contributed by atoms with Crippen molar-refractivity contribution < 1.29 is 22.0 Å². The molecule has 1 N–H and O–H groups in total. The van der Waals surface area contributed by atoms with Crippen LogP contribution in [-0.2, 0) is 9.84 Å². The van der Waals surface area contributed by atoms with E-state index in [4.69, 9.17) is 0 Å². The van der Waals surface area contributed by atoms with Gasteiger partial charge in [0.15, 0.2) is 9.84 Å². The molecular weight excluding hydrogens is 300 g/mol. The van der Waals surface area contributed by atoms with Crippen molar-refractivity contribution in [3.63, 3.8) is 0 Å². The van der Waals surface area contributed by atoms with Crippen molar-refractivity contribution in [1.29, 1.82) is 0 Å². The maximum Gasteiger partial charge on any atom is 0.258 e. The van der Waals surface area contributed by atoms with Crippen LogP contribution in [0.15, 0.2) is 47.4 Å². The summed E-state index contributed by atoms with van der Waals surface area (Å²) in [6.45, 7) is 0. The van der Waals surface area contributed by atoms with E-state index >= 15 is 0 Å². The fraction of sp³-hybridized carbons (Fsp3) is 0.0714. The first kappa shape index (κ1) is 15.1. The first-order chi connectivity index (χ1) is 9.79. The van der Waals surface area contributed by atoms with E-state index in [1.54, 1.807) is 0 Å². The van der Waals surface area contributed by atoms with Crippen molar-refractivity contribution in [1.82, 2.24) is 0 Å². The summed E-state index contributed by atoms with van der Waals surface area (Å²) in [4.78, 5) is 11.9. The molecule has 0 bridgehead atoms. The predicted molar refractivity (Wildman–Crippen MR) is 73.9 cm³/mol. The van der Waals surface area contributed by atoms with Crippen LogP contribution in [0.25, 0.3) is 0 Å². The minimum atomic E-state index is -3.55. The molecule has 0 aromatic heterocycles. The number of para-hydroxylation sites is 1. The molecule has 0 aliphatic heterocycles. The Labute approximate surface area is 120 Å². The monoisotopic (exact) mass is 311 g/mol. The molecule has 0 unspecified atom stereocenters. The molecule has 0 aliphatic carbocycles. The Kier molecular flexibility index (Phi) is 4.04. The quantitative estimate of drug-likeness (QED) is 0.948. The lowest BCUT2D eigenvalue weighted by Gasteiger charge is -2.10. The number of carbonyl (C=O) groups is 1. The van der Waals surface area contributed by atoms with Gasteiger partial charge in [-0.25, -0.2) is 17.2 Å². The lowest BCUT2D eigenvalue weighted by Crippen LogP contribution is -2.16. The minimum Gasteiger partial charge on any atom is -0.321 e. The van der Waals surface area contributed by atoms with E-state index in [2.05, 4.69) is 5.32 Å². The summed E-state index contributed by atoms with van der Waals surface area (Å²) in [5.41, 5.74) is -0.339. The summed E-state index contributed by atoms with van der Waals surface area (Å²) in [7, 11) is -3.55. The molecule has 0 spiro atoms. The van der Waals surface area contributed by atoms with E-state index in [0.717, 1.165) is 18.4 Å². The summed E-state index contributed by atoms with van der Waals surface area (Å²) in [5, 5.41) is 2.31. The fourth-order valence-electron chi connectivity index (χ4n) is 1.76. The third kappa shape index (κ3) is 3.43. The Balaban J connectivity index is 2.37. The van der Waals surface area contributed by atoms with E-state index in [1.807, 2.05) is 0 Å². The van der Waals surface area contributed by atoms with Crippen molar-refractivity contribution in [2.75, 3.05) is 11.6 Å². The van der Waals surface area contributed by atoms with Gasteiger partial charge in [-0.05, 0) is 24.3 Å². The number of hydrogen-bond acceptors (Lipinski definition) is 3. The molecule has 2 rings (SSSR count). The third-order valence-electron chi connectivity index (χ3n) is 2.71. The summed E-state index contributed by atoms with van der Waals surface area (Å²) >= 11 is 0. The topological polar surface area (TPSA) is 63.2 Å². The zero-order chi connectivity index (χ0) is 15.6. The van der Waals surface area contributed by atoms with Crippen molar-refractivity contribution in [2.45, 2.75) is 4.90 Å². The lowest BCUT2D eigenvalue weighted by atomic mass is 10.2. The first-order valence-electron chi connectivity index (χ1n) is 5.84. The fourth-order valence-corrected chi connectivity index (χ4v) is 2.60. The van der Waals surface area contributed by atoms with Crippen LogP contribution in [0.3, 0.4) is 0 Å². The standard InChI is InChI=1S/C14H11F2NO3S/c1-21(19,20)13-5-3-2-4-12(13)17-14(18)10-7-6-9(15)8-11(10)16/h2-8H,1H3,(H,17,18). The molecule has 1 amide bonds. The van der Waals surface area contributed by atoms with Gasteiger partial charge in [-0.2, -0.15) is 0 Å². The zero-order valence-corrected chi connectivity index (χ0v) is 11.7. The summed E-state index contributed by atoms with van der Waals surface area (Å²) in [6, 6.07) is 8.26. The summed E-state index contributed by atoms with van der Waals surface area (Å²) in [6.07, 6.45) is 0.996. The van der Waals surface area contributed by atoms with Gasteiger partial charge in [0.25, 0.3) is 5.91 Å². The average molecular weight is 311 g/mol. The number of hydrogen-bond donors (Lipinski definition) is 1. The first-order valence-corrected chi connectivity index (χ1v) is 7.73. The second kappa shape index (κ2) is 5.61. The van der Waals surface area contributed by atoms with Crippen LogP contribution in [0.1, 0.15) is 10.4 Å². The van der Waals surface area contributed by atoms with Gasteiger partial charge in [0, 0.05) is 12.3 Å². The second-order valence-corrected chi connectivity index (χ2v) is 6.33. The van der Waals surface area contributed by atoms with Gasteiger partial charge in [0.05, 0.1) is 16.1 Å². The number of anilines is 1. The van der Waals surface area contributed by atoms with E-state index in [0.29, 0.717) is 6.07 Å². The normalized spacial score (nSPS) is 11.2. The second-order valence-electron chi connectivity index (χ2n) is 4.35. The Bertz CT molecular complexity index is 804. The Morgan fingerprint density at radius 3 is 2.38 bits per heavy atom. The highest BCUT2D eigenvalue weighted by molar-refractivity contribution is 7.90. The van der Waals surface area contributed by atoms with Crippen LogP contribution in [0, 0.1) is 11.6 Å². The van der Waals surface area contributed by atoms with E-state index in [1.165, 1.54) is 24.3 Å². The van der Waals surface area contributed by atoms with E-state index in [-0.39, 0.29) is 16.1 Å². The Morgan fingerprint density at radius 2 is 1.76 bits per heavy atom. The molecule has 7 heteroatoms. The molecule has 0 aliphatic rings. The van der Waals surface area contributed by atoms with Crippen LogP contribution >= 0.6 is 0 Å². The van der Waals surface area contributed by atoms with Crippen LogP contribution in [0.4, 0.5) is 14.5 Å². The van der Waals surface area contributed by atoms with Gasteiger partial charge >= 0.3 is 0 Å². The predicted octanol–water partition coefficient (Wildman–Crippen LogP) is 2.62. The van der Waals surface area contributed by atoms with Gasteiger partial charge in [0.2, 0.25) is 0 Å². The molecule has 0 saturated heterocycles. The highest BCUT2D eigenvalue weighted by atomic mass is 32.2. The molecule has 4 nitrogen and oxygen atoms in total. The van der Waals surface area contributed by atoms with Crippen molar-refractivity contribution >= 4 is 21.4 Å². The molecule has 2 aromatic carbocycles. The van der Waals surface area contributed by atoms with Gasteiger partial charge < -0.3 is 5.32 Å². The van der Waals surface area contributed by atoms with Crippen molar-refractivity contribution in [2.24, 2.45) is 0 Å². The molecule has 2 aromatic rings. The highest BCUT2D eigenvalue weighted by Gasteiger charge is 2.17. The molecule has 0 heterocycles. The summed E-state index contributed by atoms with van der Waals surface area (Å²) in [5.74, 6) is -2.69. The Morgan fingerprint density at radius 1 is 1.10 bits per heavy atom. The van der Waals surface area contributed by atoms with Crippen molar-refractivity contribution in [3.8, 4) is 0 Å². The van der Waals surface area contributed by atoms with Gasteiger partial charge in [-0.1, -0.05) is 12.1 Å². The van der Waals surface area contributed by atoms with E-state index in [9.17, 15) is 22.0 Å². The summed E-state index contributed by atoms with van der Waals surface area (Å²) < 4.78 is 49.5. The van der Waals surface area contributed by atoms with Gasteiger partial charge in [-0.15, -0.1) is 0 Å². The van der Waals surface area contributed by atoms with E-state index < -0.39 is 27.4 Å². The van der Waals surface area contributed by atoms with Crippen LogP contribution < -0.4 is 5.32 Å². The molecule has 21 heavy (non-hydrogen) atoms. The number of nitrogens with one attached hydrogen (secondary N) is 1. The van der Waals surface area contributed by atoms with Crippen LogP contribution in [0.5, 0.6) is 0 Å². The van der Waals surface area contributed by atoms with Gasteiger partial charge in [0.1, 0.15) is 11.6 Å². The average Bonchev–Trinajstić information content (AvgIpc) is 2.37. The molecule has 0 saturated carbocycles. The smallest absolute Gasteiger partial charge is 0.258 e. The largest absolute Gasteiger partial charge is 0.321 e. The number of halogens is 2. The van der Waals surface area contributed by atoms with Crippen molar-refractivity contribution in [3.05, 3.63) is 59.7 Å². The number of benzene rings is 2. The van der Waals surface area contributed by atoms with Crippen LogP contribution in [-0.4, -0.2) is 20.6 Å². The molecule has 0 radical (unpaired) electrons. The SMILES string of the molecule is CS(=O)(=O)c1ccccc1NC(=O)c1ccc(F)cc1F. The zero-order valence-electron chi connectivity index (χ0n) is 10.9. The number of amides is 1. The minimum absolute atomic E-state index is 0.0359. The van der Waals surface area contributed by atoms with Crippen LogP contribution in [0.2, 0.25) is 0 Å². The highest BCUT2D eigenvalue weighted by Crippen LogP contribution is 2.21. The number of carbonyl (C=O) groups excluding carboxylic acids is 1. The number of rotatable bonds is 3. The molecule has 0 fully saturated rings. The number of sulfone groups is 1. The molecular formula is C14H11F2NO3S. The maximum atomic E-state index is 13.5. The third-order valence-corrected chi connectivity index (χ3v) is 3.87. The van der Waals surface area contributed by atoms with Gasteiger partial charge in [-0.3, -0.25) is 4.79 Å². The molecule has 0 atom stereocenters. The lowest BCUT2D eigenvalue weighted by molar-refractivity contribution is 0.102. The molecule has 110 valence electrons. The Hall–Kier alpha value is -2.28. The maximum absolute atomic E-state index is 13.5.